The number of rotatable bonds is 6. The molecule has 0 aromatic carbocycles. The molecule has 2 N–H and O–H groups in total. The van der Waals surface area contributed by atoms with Crippen molar-refractivity contribution >= 4 is 23.3 Å². The predicted molar refractivity (Wildman–Crippen MR) is 68.5 cm³/mol. The highest BCUT2D eigenvalue weighted by molar-refractivity contribution is 7.98. The Morgan fingerprint density at radius 3 is 2.82 bits per heavy atom. The van der Waals surface area contributed by atoms with Crippen LogP contribution >= 0.6 is 11.8 Å². The molecule has 0 saturated carbocycles. The number of hydrogen-bond donors (Lipinski definition) is 2. The fourth-order valence-electron chi connectivity index (χ4n) is 1.38. The van der Waals surface area contributed by atoms with E-state index in [1.807, 2.05) is 6.26 Å². The Labute approximate surface area is 104 Å². The van der Waals surface area contributed by atoms with Gasteiger partial charge in [0.25, 0.3) is 5.69 Å². The van der Waals surface area contributed by atoms with Crippen LogP contribution in [0.25, 0.3) is 0 Å². The van der Waals surface area contributed by atoms with E-state index in [1.165, 1.54) is 6.07 Å². The van der Waals surface area contributed by atoms with Crippen molar-refractivity contribution in [2.75, 3.05) is 23.9 Å². The Morgan fingerprint density at radius 1 is 1.65 bits per heavy atom. The number of nitrogens with one attached hydrogen (secondary N) is 1. The summed E-state index contributed by atoms with van der Waals surface area (Å²) in [5.41, 5.74) is 0.363. The van der Waals surface area contributed by atoms with E-state index in [9.17, 15) is 10.1 Å². The molecule has 1 aromatic rings. The first-order valence-corrected chi connectivity index (χ1v) is 6.46. The van der Waals surface area contributed by atoms with Gasteiger partial charge in [-0.15, -0.1) is 0 Å². The minimum atomic E-state index is -0.461. The third kappa shape index (κ3) is 3.86. The standard InChI is InChI=1S/C10H15N3O3S/c1-7-9(13(15)16)3-4-10(11-7)12-8(5-14)6-17-2/h3-4,8,14H,5-6H2,1-2H3,(H,11,12). The van der Waals surface area contributed by atoms with Crippen molar-refractivity contribution in [3.8, 4) is 0 Å². The fraction of sp³-hybridized carbons (Fsp3) is 0.500. The molecule has 0 aliphatic heterocycles. The summed E-state index contributed by atoms with van der Waals surface area (Å²) >= 11 is 1.61. The molecular formula is C10H15N3O3S. The van der Waals surface area contributed by atoms with Crippen LogP contribution in [-0.4, -0.2) is 39.7 Å². The molecule has 1 atom stereocenters. The first-order valence-electron chi connectivity index (χ1n) is 5.06. The van der Waals surface area contributed by atoms with Crippen molar-refractivity contribution < 1.29 is 10.0 Å². The van der Waals surface area contributed by atoms with E-state index >= 15 is 0 Å². The van der Waals surface area contributed by atoms with Crippen LogP contribution in [0.3, 0.4) is 0 Å². The highest BCUT2D eigenvalue weighted by Crippen LogP contribution is 2.18. The molecule has 7 heteroatoms. The molecule has 17 heavy (non-hydrogen) atoms. The number of pyridine rings is 1. The van der Waals surface area contributed by atoms with Gasteiger partial charge in [-0.2, -0.15) is 11.8 Å². The summed E-state index contributed by atoms with van der Waals surface area (Å²) in [5.74, 6) is 1.29. The van der Waals surface area contributed by atoms with Gasteiger partial charge >= 0.3 is 0 Å². The van der Waals surface area contributed by atoms with Crippen LogP contribution in [0.2, 0.25) is 0 Å². The van der Waals surface area contributed by atoms with Gasteiger partial charge in [0.1, 0.15) is 11.5 Å². The molecule has 1 heterocycles. The zero-order valence-corrected chi connectivity index (χ0v) is 10.5. The molecule has 0 saturated heterocycles. The van der Waals surface area contributed by atoms with Crippen LogP contribution in [0.15, 0.2) is 12.1 Å². The van der Waals surface area contributed by atoms with Crippen molar-refractivity contribution in [2.45, 2.75) is 13.0 Å². The van der Waals surface area contributed by atoms with Crippen LogP contribution in [-0.2, 0) is 0 Å². The summed E-state index contributed by atoms with van der Waals surface area (Å²) in [6.45, 7) is 1.59. The monoisotopic (exact) mass is 257 g/mol. The molecule has 0 fully saturated rings. The lowest BCUT2D eigenvalue weighted by atomic mass is 10.3. The molecule has 1 unspecified atom stereocenters. The molecule has 0 aliphatic rings. The van der Waals surface area contributed by atoms with E-state index in [0.29, 0.717) is 11.5 Å². The minimum absolute atomic E-state index is 0.000894. The van der Waals surface area contributed by atoms with Gasteiger partial charge in [0.15, 0.2) is 0 Å². The smallest absolute Gasteiger partial charge is 0.290 e. The van der Waals surface area contributed by atoms with Gasteiger partial charge in [0, 0.05) is 11.8 Å². The molecule has 0 radical (unpaired) electrons. The predicted octanol–water partition coefficient (Wildman–Crippen LogP) is 1.43. The number of anilines is 1. The van der Waals surface area contributed by atoms with E-state index in [1.54, 1.807) is 24.8 Å². The van der Waals surface area contributed by atoms with Gasteiger partial charge in [-0.3, -0.25) is 10.1 Å². The molecule has 94 valence electrons. The van der Waals surface area contributed by atoms with Gasteiger partial charge in [-0.1, -0.05) is 0 Å². The summed E-state index contributed by atoms with van der Waals surface area (Å²) in [6, 6.07) is 2.87. The average Bonchev–Trinajstić information content (AvgIpc) is 2.28. The Hall–Kier alpha value is -1.34. The topological polar surface area (TPSA) is 88.3 Å². The SMILES string of the molecule is CSCC(CO)Nc1ccc([N+](=O)[O-])c(C)n1. The van der Waals surface area contributed by atoms with Crippen molar-refractivity contribution in [3.63, 3.8) is 0 Å². The molecule has 1 rings (SSSR count). The Morgan fingerprint density at radius 2 is 2.35 bits per heavy atom. The number of nitro groups is 1. The highest BCUT2D eigenvalue weighted by Gasteiger charge is 2.13. The molecule has 0 amide bonds. The maximum atomic E-state index is 10.6. The van der Waals surface area contributed by atoms with Crippen LogP contribution < -0.4 is 5.32 Å². The Balaban J connectivity index is 2.79. The maximum absolute atomic E-state index is 10.6. The molecule has 0 aliphatic carbocycles. The van der Waals surface area contributed by atoms with Crippen molar-refractivity contribution in [3.05, 3.63) is 27.9 Å². The number of aliphatic hydroxyl groups excluding tert-OH is 1. The van der Waals surface area contributed by atoms with Crippen molar-refractivity contribution in [1.82, 2.24) is 4.98 Å². The Kier molecular flexibility index (Phi) is 5.17. The van der Waals surface area contributed by atoms with E-state index < -0.39 is 4.92 Å². The molecule has 6 nitrogen and oxygen atoms in total. The minimum Gasteiger partial charge on any atom is -0.394 e. The zero-order valence-electron chi connectivity index (χ0n) is 9.71. The summed E-state index contributed by atoms with van der Waals surface area (Å²) < 4.78 is 0. The third-order valence-electron chi connectivity index (χ3n) is 2.19. The number of thioether (sulfide) groups is 1. The van der Waals surface area contributed by atoms with E-state index in [0.717, 1.165) is 5.75 Å². The second kappa shape index (κ2) is 6.41. The van der Waals surface area contributed by atoms with Crippen LogP contribution in [0.1, 0.15) is 5.69 Å². The first kappa shape index (κ1) is 13.7. The second-order valence-corrected chi connectivity index (χ2v) is 4.45. The average molecular weight is 257 g/mol. The van der Waals surface area contributed by atoms with E-state index in [2.05, 4.69) is 10.3 Å². The van der Waals surface area contributed by atoms with Gasteiger partial charge in [0.05, 0.1) is 17.6 Å². The van der Waals surface area contributed by atoms with E-state index in [-0.39, 0.29) is 18.3 Å². The lowest BCUT2D eigenvalue weighted by Crippen LogP contribution is -2.26. The molecule has 0 bridgehead atoms. The highest BCUT2D eigenvalue weighted by atomic mass is 32.2. The summed E-state index contributed by atoms with van der Waals surface area (Å²) in [6.07, 6.45) is 1.94. The second-order valence-electron chi connectivity index (χ2n) is 3.54. The van der Waals surface area contributed by atoms with Gasteiger partial charge in [-0.05, 0) is 19.2 Å². The molecular weight excluding hydrogens is 242 g/mol. The van der Waals surface area contributed by atoms with Crippen molar-refractivity contribution in [2.24, 2.45) is 0 Å². The molecule has 0 spiro atoms. The summed E-state index contributed by atoms with van der Waals surface area (Å²) in [4.78, 5) is 14.2. The van der Waals surface area contributed by atoms with Crippen molar-refractivity contribution in [1.29, 1.82) is 0 Å². The van der Waals surface area contributed by atoms with Gasteiger partial charge < -0.3 is 10.4 Å². The van der Waals surface area contributed by atoms with Gasteiger partial charge in [-0.25, -0.2) is 4.98 Å². The molecule has 1 aromatic heterocycles. The third-order valence-corrected chi connectivity index (χ3v) is 2.93. The maximum Gasteiger partial charge on any atom is 0.290 e. The van der Waals surface area contributed by atoms with Crippen LogP contribution in [0, 0.1) is 17.0 Å². The number of aliphatic hydroxyl groups is 1. The van der Waals surface area contributed by atoms with Crippen LogP contribution in [0.5, 0.6) is 0 Å². The largest absolute Gasteiger partial charge is 0.394 e. The zero-order chi connectivity index (χ0) is 12.8. The first-order chi connectivity index (χ1) is 8.08. The van der Waals surface area contributed by atoms with Crippen LogP contribution in [0.4, 0.5) is 11.5 Å². The Bertz CT molecular complexity index is 400. The number of hydrogen-bond acceptors (Lipinski definition) is 6. The lowest BCUT2D eigenvalue weighted by molar-refractivity contribution is -0.385. The summed E-state index contributed by atoms with van der Waals surface area (Å²) in [7, 11) is 0. The fourth-order valence-corrected chi connectivity index (χ4v) is 1.97. The van der Waals surface area contributed by atoms with E-state index in [4.69, 9.17) is 5.11 Å². The number of aryl methyl sites for hydroxylation is 1. The van der Waals surface area contributed by atoms with Gasteiger partial charge in [0.2, 0.25) is 0 Å². The number of aromatic nitrogens is 1. The quantitative estimate of drug-likeness (QED) is 0.592. The lowest BCUT2D eigenvalue weighted by Gasteiger charge is -2.15. The normalized spacial score (nSPS) is 12.2. The summed E-state index contributed by atoms with van der Waals surface area (Å²) in [5, 5.41) is 22.8. The number of nitrogens with zero attached hydrogens (tertiary/aromatic N) is 2.